The second kappa shape index (κ2) is 8.27. The first-order valence-corrected chi connectivity index (χ1v) is 11.6. The SMILES string of the molecule is Cc1nc2cc(C3CCCN3CC3CC3)nn2c(C)c1CCC(=O)N1CCOCC1. The van der Waals surface area contributed by atoms with Crippen molar-refractivity contribution in [2.24, 2.45) is 5.92 Å². The third-order valence-corrected chi connectivity index (χ3v) is 7.03. The molecule has 1 atom stereocenters. The van der Waals surface area contributed by atoms with Gasteiger partial charge in [-0.2, -0.15) is 5.10 Å². The maximum atomic E-state index is 12.6. The summed E-state index contributed by atoms with van der Waals surface area (Å²) < 4.78 is 7.36. The van der Waals surface area contributed by atoms with E-state index in [1.165, 1.54) is 38.8 Å². The highest BCUT2D eigenvalue weighted by atomic mass is 16.5. The van der Waals surface area contributed by atoms with E-state index in [2.05, 4.69) is 24.8 Å². The number of hydrogen-bond acceptors (Lipinski definition) is 5. The molecule has 30 heavy (non-hydrogen) atoms. The normalized spacial score (nSPS) is 22.9. The molecule has 2 aromatic rings. The summed E-state index contributed by atoms with van der Waals surface area (Å²) in [6, 6.07) is 2.61. The summed E-state index contributed by atoms with van der Waals surface area (Å²) in [7, 11) is 0. The molecule has 7 nitrogen and oxygen atoms in total. The number of likely N-dealkylation sites (tertiary alicyclic amines) is 1. The molecule has 4 heterocycles. The Morgan fingerprint density at radius 3 is 2.73 bits per heavy atom. The molecule has 5 rings (SSSR count). The van der Waals surface area contributed by atoms with Crippen LogP contribution in [0.5, 0.6) is 0 Å². The summed E-state index contributed by atoms with van der Waals surface area (Å²) in [5, 5.41) is 4.99. The van der Waals surface area contributed by atoms with Crippen molar-refractivity contribution in [2.45, 2.75) is 58.4 Å². The van der Waals surface area contributed by atoms with Crippen LogP contribution in [-0.2, 0) is 16.0 Å². The first-order valence-electron chi connectivity index (χ1n) is 11.6. The van der Waals surface area contributed by atoms with Crippen molar-refractivity contribution in [1.82, 2.24) is 24.4 Å². The molecule has 3 fully saturated rings. The minimum absolute atomic E-state index is 0.208. The van der Waals surface area contributed by atoms with Crippen LogP contribution in [0.1, 0.15) is 60.8 Å². The molecule has 162 valence electrons. The van der Waals surface area contributed by atoms with E-state index in [1.807, 2.05) is 9.42 Å². The molecule has 1 amide bonds. The third-order valence-electron chi connectivity index (χ3n) is 7.03. The fourth-order valence-corrected chi connectivity index (χ4v) is 5.08. The van der Waals surface area contributed by atoms with E-state index in [9.17, 15) is 4.79 Å². The van der Waals surface area contributed by atoms with Gasteiger partial charge in [0.05, 0.1) is 24.9 Å². The molecule has 0 spiro atoms. The molecule has 1 saturated carbocycles. The predicted molar refractivity (Wildman–Crippen MR) is 114 cm³/mol. The molecule has 7 heteroatoms. The number of nitrogens with zero attached hydrogens (tertiary/aromatic N) is 5. The molecule has 3 aliphatic rings. The topological polar surface area (TPSA) is 63.0 Å². The van der Waals surface area contributed by atoms with Gasteiger partial charge >= 0.3 is 0 Å². The molecule has 0 bridgehead atoms. The summed E-state index contributed by atoms with van der Waals surface area (Å²) in [5.74, 6) is 1.11. The number of rotatable bonds is 6. The van der Waals surface area contributed by atoms with Crippen LogP contribution in [0, 0.1) is 19.8 Å². The Kier molecular flexibility index (Phi) is 5.50. The molecule has 0 aromatic carbocycles. The number of aromatic nitrogens is 3. The highest BCUT2D eigenvalue weighted by molar-refractivity contribution is 5.76. The zero-order valence-corrected chi connectivity index (χ0v) is 18.3. The minimum atomic E-state index is 0.208. The van der Waals surface area contributed by atoms with Crippen LogP contribution in [0.2, 0.25) is 0 Å². The van der Waals surface area contributed by atoms with Crippen molar-refractivity contribution in [2.75, 3.05) is 39.4 Å². The van der Waals surface area contributed by atoms with E-state index in [0.29, 0.717) is 45.2 Å². The standard InChI is InChI=1S/C23H33N5O2/c1-16-19(7-8-23(29)26-10-12-30-13-11-26)17(2)28-22(24-16)14-20(25-28)21-4-3-9-27(21)15-18-5-6-18/h14,18,21H,3-13,15H2,1-2H3. The van der Waals surface area contributed by atoms with E-state index >= 15 is 0 Å². The van der Waals surface area contributed by atoms with E-state index < -0.39 is 0 Å². The van der Waals surface area contributed by atoms with Gasteiger partial charge < -0.3 is 9.64 Å². The Bertz CT molecular complexity index is 929. The fourth-order valence-electron chi connectivity index (χ4n) is 5.08. The summed E-state index contributed by atoms with van der Waals surface area (Å²) in [6.07, 6.45) is 6.45. The summed E-state index contributed by atoms with van der Waals surface area (Å²) >= 11 is 0. The molecular weight excluding hydrogens is 378 g/mol. The van der Waals surface area contributed by atoms with Gasteiger partial charge in [-0.3, -0.25) is 9.69 Å². The predicted octanol–water partition coefficient (Wildman–Crippen LogP) is 2.68. The molecular formula is C23H33N5O2. The van der Waals surface area contributed by atoms with Crippen LogP contribution in [0.15, 0.2) is 6.07 Å². The maximum absolute atomic E-state index is 12.6. The average Bonchev–Trinajstić information content (AvgIpc) is 3.27. The molecule has 0 N–H and O–H groups in total. The van der Waals surface area contributed by atoms with Crippen LogP contribution >= 0.6 is 0 Å². The third kappa shape index (κ3) is 3.97. The van der Waals surface area contributed by atoms with Crippen LogP contribution in [0.25, 0.3) is 5.65 Å². The van der Waals surface area contributed by atoms with Gasteiger partial charge in [-0.1, -0.05) is 0 Å². The lowest BCUT2D eigenvalue weighted by Crippen LogP contribution is -2.40. The number of fused-ring (bicyclic) bond motifs is 1. The summed E-state index contributed by atoms with van der Waals surface area (Å²) in [4.78, 5) is 22.0. The van der Waals surface area contributed by atoms with Gasteiger partial charge in [-0.05, 0) is 64.0 Å². The first kappa shape index (κ1) is 19.9. The molecule has 2 aliphatic heterocycles. The molecule has 2 aromatic heterocycles. The van der Waals surface area contributed by atoms with E-state index in [4.69, 9.17) is 14.8 Å². The van der Waals surface area contributed by atoms with Gasteiger partial charge in [0.2, 0.25) is 5.91 Å². The number of morpholine rings is 1. The van der Waals surface area contributed by atoms with Crippen LogP contribution in [0.3, 0.4) is 0 Å². The highest BCUT2D eigenvalue weighted by Gasteiger charge is 2.33. The number of carbonyl (C=O) groups excluding carboxylic acids is 1. The number of amides is 1. The van der Waals surface area contributed by atoms with E-state index in [-0.39, 0.29) is 5.91 Å². The lowest BCUT2D eigenvalue weighted by Gasteiger charge is -2.27. The number of hydrogen-bond donors (Lipinski definition) is 0. The Hall–Kier alpha value is -1.99. The molecule has 1 unspecified atom stereocenters. The van der Waals surface area contributed by atoms with Gasteiger partial charge in [0.1, 0.15) is 0 Å². The van der Waals surface area contributed by atoms with Crippen molar-refractivity contribution < 1.29 is 9.53 Å². The van der Waals surface area contributed by atoms with Gasteiger partial charge in [-0.15, -0.1) is 0 Å². The van der Waals surface area contributed by atoms with Crippen molar-refractivity contribution >= 4 is 11.6 Å². The van der Waals surface area contributed by atoms with Gasteiger partial charge in [0.15, 0.2) is 5.65 Å². The molecule has 0 radical (unpaired) electrons. The van der Waals surface area contributed by atoms with Crippen molar-refractivity contribution in [3.63, 3.8) is 0 Å². The van der Waals surface area contributed by atoms with Gasteiger partial charge in [-0.25, -0.2) is 9.50 Å². The van der Waals surface area contributed by atoms with E-state index in [1.54, 1.807) is 0 Å². The lowest BCUT2D eigenvalue weighted by molar-refractivity contribution is -0.135. The summed E-state index contributed by atoms with van der Waals surface area (Å²) in [5.41, 5.74) is 5.37. The Balaban J connectivity index is 1.34. The summed E-state index contributed by atoms with van der Waals surface area (Å²) in [6.45, 7) is 9.28. The van der Waals surface area contributed by atoms with Crippen molar-refractivity contribution in [3.05, 3.63) is 28.7 Å². The molecule has 2 saturated heterocycles. The fraction of sp³-hybridized carbons (Fsp3) is 0.696. The average molecular weight is 412 g/mol. The van der Waals surface area contributed by atoms with E-state index in [0.717, 1.165) is 34.2 Å². The van der Waals surface area contributed by atoms with Crippen LogP contribution in [-0.4, -0.2) is 69.7 Å². The monoisotopic (exact) mass is 411 g/mol. The van der Waals surface area contributed by atoms with Gasteiger partial charge in [0.25, 0.3) is 0 Å². The number of carbonyl (C=O) groups is 1. The number of aryl methyl sites for hydroxylation is 2. The quantitative estimate of drug-likeness (QED) is 0.731. The second-order valence-electron chi connectivity index (χ2n) is 9.19. The Labute approximate surface area is 178 Å². The van der Waals surface area contributed by atoms with Crippen LogP contribution < -0.4 is 0 Å². The van der Waals surface area contributed by atoms with Gasteiger partial charge in [0, 0.05) is 43.5 Å². The highest BCUT2D eigenvalue weighted by Crippen LogP contribution is 2.37. The smallest absolute Gasteiger partial charge is 0.223 e. The molecule has 1 aliphatic carbocycles. The van der Waals surface area contributed by atoms with Crippen molar-refractivity contribution in [3.8, 4) is 0 Å². The zero-order chi connectivity index (χ0) is 20.7. The Morgan fingerprint density at radius 2 is 1.97 bits per heavy atom. The minimum Gasteiger partial charge on any atom is -0.378 e. The largest absolute Gasteiger partial charge is 0.378 e. The Morgan fingerprint density at radius 1 is 1.17 bits per heavy atom. The zero-order valence-electron chi connectivity index (χ0n) is 18.3. The first-order chi connectivity index (χ1) is 14.6. The van der Waals surface area contributed by atoms with Crippen LogP contribution in [0.4, 0.5) is 0 Å². The maximum Gasteiger partial charge on any atom is 0.223 e. The number of ether oxygens (including phenoxy) is 1. The van der Waals surface area contributed by atoms with Crippen molar-refractivity contribution in [1.29, 1.82) is 0 Å². The second-order valence-corrected chi connectivity index (χ2v) is 9.19. The lowest BCUT2D eigenvalue weighted by atomic mass is 10.1.